The number of hydrogen-bond acceptors (Lipinski definition) is 3. The van der Waals surface area contributed by atoms with Gasteiger partial charge < -0.3 is 10.2 Å². The van der Waals surface area contributed by atoms with Crippen molar-refractivity contribution in [1.82, 2.24) is 14.7 Å². The molecule has 0 bridgehead atoms. The van der Waals surface area contributed by atoms with E-state index in [2.05, 4.69) is 29.2 Å². The Morgan fingerprint density at radius 2 is 1.90 bits per heavy atom. The van der Waals surface area contributed by atoms with Crippen molar-refractivity contribution in [2.24, 2.45) is 0 Å². The zero-order valence-corrected chi connectivity index (χ0v) is 13.8. The van der Waals surface area contributed by atoms with E-state index in [1.165, 1.54) is 0 Å². The van der Waals surface area contributed by atoms with Gasteiger partial charge in [-0.1, -0.05) is 37.0 Å². The molecule has 6 heteroatoms. The molecular weight excluding hydrogens is 307 g/mol. The summed E-state index contributed by atoms with van der Waals surface area (Å²) in [6.07, 6.45) is 1.90. The van der Waals surface area contributed by atoms with Gasteiger partial charge in [-0.05, 0) is 31.3 Å². The van der Waals surface area contributed by atoms with Gasteiger partial charge in [0.1, 0.15) is 5.82 Å². The van der Waals surface area contributed by atoms with Crippen LogP contribution in [0.2, 0.25) is 10.0 Å². The minimum Gasteiger partial charge on any atom is -0.367 e. The molecule has 0 aliphatic carbocycles. The normalized spacial score (nSPS) is 11.1. The van der Waals surface area contributed by atoms with Crippen molar-refractivity contribution in [1.29, 1.82) is 0 Å². The van der Waals surface area contributed by atoms with Gasteiger partial charge in [-0.2, -0.15) is 5.10 Å². The first kappa shape index (κ1) is 16.1. The average Bonchev–Trinajstić information content (AvgIpc) is 2.95. The predicted molar refractivity (Wildman–Crippen MR) is 89.9 cm³/mol. The van der Waals surface area contributed by atoms with Crippen LogP contribution in [0.1, 0.15) is 13.8 Å². The second kappa shape index (κ2) is 7.69. The van der Waals surface area contributed by atoms with Crippen LogP contribution in [0.25, 0.3) is 5.69 Å². The third-order valence-electron chi connectivity index (χ3n) is 3.39. The fourth-order valence-electron chi connectivity index (χ4n) is 2.07. The molecule has 0 aliphatic heterocycles. The van der Waals surface area contributed by atoms with Gasteiger partial charge in [0.25, 0.3) is 0 Å². The molecule has 0 radical (unpaired) electrons. The van der Waals surface area contributed by atoms with Crippen LogP contribution in [0.4, 0.5) is 5.82 Å². The van der Waals surface area contributed by atoms with Crippen molar-refractivity contribution >= 4 is 29.0 Å². The van der Waals surface area contributed by atoms with Crippen LogP contribution in [0.5, 0.6) is 0 Å². The molecule has 1 aromatic heterocycles. The molecule has 0 fully saturated rings. The molecule has 2 rings (SSSR count). The quantitative estimate of drug-likeness (QED) is 0.836. The molecule has 21 heavy (non-hydrogen) atoms. The smallest absolute Gasteiger partial charge is 0.148 e. The molecule has 2 aromatic rings. The lowest BCUT2D eigenvalue weighted by Crippen LogP contribution is -2.28. The van der Waals surface area contributed by atoms with Gasteiger partial charge in [0.05, 0.1) is 15.7 Å². The fraction of sp³-hybridized carbons (Fsp3) is 0.400. The molecule has 0 amide bonds. The molecule has 1 heterocycles. The third-order valence-corrected chi connectivity index (χ3v) is 4.12. The van der Waals surface area contributed by atoms with E-state index in [0.29, 0.717) is 10.0 Å². The number of rotatable bonds is 7. The largest absolute Gasteiger partial charge is 0.367 e. The molecule has 0 aliphatic rings. The van der Waals surface area contributed by atoms with Crippen molar-refractivity contribution in [3.8, 4) is 5.69 Å². The summed E-state index contributed by atoms with van der Waals surface area (Å²) in [4.78, 5) is 2.36. The molecule has 1 N–H and O–H groups in total. The maximum atomic E-state index is 6.03. The number of nitrogens with zero attached hydrogens (tertiary/aromatic N) is 3. The first-order valence-corrected chi connectivity index (χ1v) is 7.87. The highest BCUT2D eigenvalue weighted by atomic mass is 35.5. The number of benzene rings is 1. The summed E-state index contributed by atoms with van der Waals surface area (Å²) < 4.78 is 1.78. The van der Waals surface area contributed by atoms with E-state index in [4.69, 9.17) is 23.2 Å². The Hall–Kier alpha value is -1.23. The number of anilines is 1. The Labute approximate surface area is 135 Å². The summed E-state index contributed by atoms with van der Waals surface area (Å²) >= 11 is 11.9. The van der Waals surface area contributed by atoms with Gasteiger partial charge in [-0.15, -0.1) is 0 Å². The monoisotopic (exact) mass is 326 g/mol. The Balaban J connectivity index is 1.96. The molecule has 0 saturated carbocycles. The van der Waals surface area contributed by atoms with E-state index in [9.17, 15) is 0 Å². The van der Waals surface area contributed by atoms with E-state index in [1.807, 2.05) is 18.3 Å². The van der Waals surface area contributed by atoms with E-state index in [1.54, 1.807) is 16.8 Å². The zero-order chi connectivity index (χ0) is 15.2. The van der Waals surface area contributed by atoms with Gasteiger partial charge in [-0.25, -0.2) is 4.68 Å². The van der Waals surface area contributed by atoms with Crippen LogP contribution >= 0.6 is 23.2 Å². The Morgan fingerprint density at radius 3 is 2.57 bits per heavy atom. The van der Waals surface area contributed by atoms with Gasteiger partial charge in [0.15, 0.2) is 0 Å². The highest BCUT2D eigenvalue weighted by Crippen LogP contribution is 2.24. The summed E-state index contributed by atoms with van der Waals surface area (Å²) in [5, 5.41) is 8.89. The van der Waals surface area contributed by atoms with Crippen LogP contribution in [-0.2, 0) is 0 Å². The molecule has 1 aromatic carbocycles. The van der Waals surface area contributed by atoms with Crippen LogP contribution in [0, 0.1) is 0 Å². The number of nitrogens with one attached hydrogen (secondary N) is 1. The second-order valence-electron chi connectivity index (χ2n) is 4.70. The first-order valence-electron chi connectivity index (χ1n) is 7.11. The lowest BCUT2D eigenvalue weighted by Gasteiger charge is -2.17. The van der Waals surface area contributed by atoms with Crippen molar-refractivity contribution < 1.29 is 0 Å². The summed E-state index contributed by atoms with van der Waals surface area (Å²) in [5.41, 5.74) is 0.890. The van der Waals surface area contributed by atoms with Crippen molar-refractivity contribution in [2.45, 2.75) is 13.8 Å². The van der Waals surface area contributed by atoms with Gasteiger partial charge >= 0.3 is 0 Å². The van der Waals surface area contributed by atoms with E-state index in [0.717, 1.165) is 37.7 Å². The fourth-order valence-corrected chi connectivity index (χ4v) is 2.36. The Morgan fingerprint density at radius 1 is 1.14 bits per heavy atom. The zero-order valence-electron chi connectivity index (χ0n) is 12.3. The van der Waals surface area contributed by atoms with Crippen LogP contribution in [-0.4, -0.2) is 40.9 Å². The minimum atomic E-state index is 0.528. The van der Waals surface area contributed by atoms with Crippen LogP contribution in [0.3, 0.4) is 0 Å². The summed E-state index contributed by atoms with van der Waals surface area (Å²) in [6.45, 7) is 8.35. The van der Waals surface area contributed by atoms with Gasteiger partial charge in [-0.3, -0.25) is 0 Å². The van der Waals surface area contributed by atoms with Crippen LogP contribution in [0.15, 0.2) is 30.5 Å². The van der Waals surface area contributed by atoms with E-state index >= 15 is 0 Å². The van der Waals surface area contributed by atoms with Crippen molar-refractivity contribution in [3.05, 3.63) is 40.5 Å². The molecule has 114 valence electrons. The molecule has 0 atom stereocenters. The minimum absolute atomic E-state index is 0.528. The maximum Gasteiger partial charge on any atom is 0.148 e. The molecule has 0 saturated heterocycles. The van der Waals surface area contributed by atoms with Crippen molar-refractivity contribution in [3.63, 3.8) is 0 Å². The van der Waals surface area contributed by atoms with Gasteiger partial charge in [0.2, 0.25) is 0 Å². The second-order valence-corrected chi connectivity index (χ2v) is 5.51. The summed E-state index contributed by atoms with van der Waals surface area (Å²) in [7, 11) is 0. The number of hydrogen-bond donors (Lipinski definition) is 1. The van der Waals surface area contributed by atoms with E-state index < -0.39 is 0 Å². The highest BCUT2D eigenvalue weighted by molar-refractivity contribution is 6.42. The molecule has 0 spiro atoms. The SMILES string of the molecule is CCN(CC)CCNc1ccn(-c2ccc(Cl)c(Cl)c2)n1. The maximum absolute atomic E-state index is 6.03. The highest BCUT2D eigenvalue weighted by Gasteiger charge is 2.04. The average molecular weight is 327 g/mol. The van der Waals surface area contributed by atoms with E-state index in [-0.39, 0.29) is 0 Å². The third kappa shape index (κ3) is 4.37. The lowest BCUT2D eigenvalue weighted by molar-refractivity contribution is 0.316. The number of halogens is 2. The number of aromatic nitrogens is 2. The molecule has 0 unspecified atom stereocenters. The van der Waals surface area contributed by atoms with Crippen molar-refractivity contribution in [2.75, 3.05) is 31.5 Å². The lowest BCUT2D eigenvalue weighted by atomic mass is 10.3. The Kier molecular flexibility index (Phi) is 5.91. The summed E-state index contributed by atoms with van der Waals surface area (Å²) in [5.74, 6) is 0.855. The van der Waals surface area contributed by atoms with Crippen LogP contribution < -0.4 is 5.32 Å². The standard InChI is InChI=1S/C15H20Cl2N4/c1-3-20(4-2)10-8-18-15-7-9-21(19-15)12-5-6-13(16)14(17)11-12/h5-7,9,11H,3-4,8,10H2,1-2H3,(H,18,19). The number of likely N-dealkylation sites (N-methyl/N-ethyl adjacent to an activating group) is 1. The predicted octanol–water partition coefficient (Wildman–Crippen LogP) is 3.93. The first-order chi connectivity index (χ1) is 10.1. The Bertz CT molecular complexity index is 579. The molecular formula is C15H20Cl2N4. The topological polar surface area (TPSA) is 33.1 Å². The molecule has 4 nitrogen and oxygen atoms in total. The van der Waals surface area contributed by atoms with Gasteiger partial charge in [0, 0.05) is 25.4 Å². The summed E-state index contributed by atoms with van der Waals surface area (Å²) in [6, 6.07) is 7.41.